The lowest BCUT2D eigenvalue weighted by Crippen LogP contribution is -2.22. The van der Waals surface area contributed by atoms with Crippen LogP contribution < -0.4 is 5.32 Å². The fourth-order valence-electron chi connectivity index (χ4n) is 2.86. The molecule has 1 aliphatic rings. The molecule has 0 saturated heterocycles. The van der Waals surface area contributed by atoms with E-state index < -0.39 is 17.8 Å². The average molecular weight is 327 g/mol. The zero-order chi connectivity index (χ0) is 16.4. The van der Waals surface area contributed by atoms with Crippen molar-refractivity contribution in [3.05, 3.63) is 36.0 Å². The number of aliphatic hydroxyl groups is 1. The van der Waals surface area contributed by atoms with E-state index in [0.717, 1.165) is 24.5 Å². The van der Waals surface area contributed by atoms with Gasteiger partial charge in [0.05, 0.1) is 11.7 Å². The maximum Gasteiger partial charge on any atom is 0.417 e. The number of rotatable bonds is 4. The second kappa shape index (κ2) is 6.15. The zero-order valence-electron chi connectivity index (χ0n) is 12.1. The van der Waals surface area contributed by atoms with Crippen LogP contribution in [-0.2, 0) is 6.18 Å². The van der Waals surface area contributed by atoms with Gasteiger partial charge in [-0.05, 0) is 25.0 Å². The number of H-pyrrole nitrogens is 1. The molecule has 0 aromatic carbocycles. The Labute approximate surface area is 130 Å². The first-order valence-electron chi connectivity index (χ1n) is 7.24. The van der Waals surface area contributed by atoms with Crippen molar-refractivity contribution >= 4 is 5.82 Å². The predicted octanol–water partition coefficient (Wildman–Crippen LogP) is 2.19. The standard InChI is InChI=1S/C14H16F3N5O/c15-14(16,17)10-1-2-12(19-6-10)18-5-9-3-8(4-11(9)23)13-20-7-21-22-13/h1-2,6-9,11,23H,3-5H2,(H,18,19)(H,20,21,22)/t8-,9+,11+/m1/s1. The van der Waals surface area contributed by atoms with Crippen LogP contribution in [0.4, 0.5) is 19.0 Å². The van der Waals surface area contributed by atoms with Crippen molar-refractivity contribution in [2.45, 2.75) is 31.0 Å². The fraction of sp³-hybridized carbons (Fsp3) is 0.500. The van der Waals surface area contributed by atoms with Gasteiger partial charge in [0.2, 0.25) is 0 Å². The fourth-order valence-corrected chi connectivity index (χ4v) is 2.86. The number of halogens is 3. The van der Waals surface area contributed by atoms with Crippen molar-refractivity contribution in [3.63, 3.8) is 0 Å². The molecule has 2 aromatic heterocycles. The second-order valence-electron chi connectivity index (χ2n) is 5.68. The highest BCUT2D eigenvalue weighted by molar-refractivity contribution is 5.36. The molecule has 124 valence electrons. The Kier molecular flexibility index (Phi) is 4.20. The zero-order valence-corrected chi connectivity index (χ0v) is 12.1. The Balaban J connectivity index is 1.56. The molecule has 3 rings (SSSR count). The molecule has 0 aliphatic heterocycles. The molecular weight excluding hydrogens is 311 g/mol. The molecule has 1 aliphatic carbocycles. The Hall–Kier alpha value is -2.16. The molecule has 1 saturated carbocycles. The maximum atomic E-state index is 12.5. The van der Waals surface area contributed by atoms with E-state index in [0.29, 0.717) is 18.8 Å². The summed E-state index contributed by atoms with van der Waals surface area (Å²) in [4.78, 5) is 7.86. The highest BCUT2D eigenvalue weighted by Gasteiger charge is 2.35. The molecule has 0 unspecified atom stereocenters. The van der Waals surface area contributed by atoms with Gasteiger partial charge in [-0.15, -0.1) is 0 Å². The van der Waals surface area contributed by atoms with Gasteiger partial charge in [0, 0.05) is 24.6 Å². The molecular formula is C14H16F3N5O. The molecule has 23 heavy (non-hydrogen) atoms. The molecule has 3 N–H and O–H groups in total. The summed E-state index contributed by atoms with van der Waals surface area (Å²) in [5.74, 6) is 1.20. The maximum absolute atomic E-state index is 12.5. The highest BCUT2D eigenvalue weighted by Crippen LogP contribution is 2.37. The summed E-state index contributed by atoms with van der Waals surface area (Å²) in [7, 11) is 0. The summed E-state index contributed by atoms with van der Waals surface area (Å²) in [5.41, 5.74) is -0.783. The Bertz CT molecular complexity index is 629. The van der Waals surface area contributed by atoms with Crippen molar-refractivity contribution in [3.8, 4) is 0 Å². The Morgan fingerprint density at radius 1 is 1.26 bits per heavy atom. The molecule has 0 spiro atoms. The van der Waals surface area contributed by atoms with Crippen molar-refractivity contribution in [2.24, 2.45) is 5.92 Å². The molecule has 1 fully saturated rings. The highest BCUT2D eigenvalue weighted by atomic mass is 19.4. The molecule has 6 nitrogen and oxygen atoms in total. The molecule has 9 heteroatoms. The van der Waals surface area contributed by atoms with E-state index >= 15 is 0 Å². The van der Waals surface area contributed by atoms with Gasteiger partial charge in [-0.1, -0.05) is 0 Å². The van der Waals surface area contributed by atoms with Crippen molar-refractivity contribution in [2.75, 3.05) is 11.9 Å². The van der Waals surface area contributed by atoms with E-state index in [1.807, 2.05) is 0 Å². The normalized spacial score (nSPS) is 24.8. The van der Waals surface area contributed by atoms with Crippen LogP contribution in [0.1, 0.15) is 30.1 Å². The van der Waals surface area contributed by atoms with E-state index in [9.17, 15) is 18.3 Å². The lowest BCUT2D eigenvalue weighted by Gasteiger charge is -2.15. The Morgan fingerprint density at radius 2 is 2.09 bits per heavy atom. The van der Waals surface area contributed by atoms with Gasteiger partial charge < -0.3 is 10.4 Å². The number of pyridine rings is 1. The average Bonchev–Trinajstić information content (AvgIpc) is 3.14. The first-order chi connectivity index (χ1) is 10.9. The third kappa shape index (κ3) is 3.61. The lowest BCUT2D eigenvalue weighted by molar-refractivity contribution is -0.137. The predicted molar refractivity (Wildman–Crippen MR) is 75.6 cm³/mol. The smallest absolute Gasteiger partial charge is 0.393 e. The van der Waals surface area contributed by atoms with Gasteiger partial charge in [-0.2, -0.15) is 18.3 Å². The van der Waals surface area contributed by atoms with E-state index in [1.54, 1.807) is 0 Å². The third-order valence-corrected chi connectivity index (χ3v) is 4.11. The van der Waals surface area contributed by atoms with Gasteiger partial charge >= 0.3 is 6.18 Å². The van der Waals surface area contributed by atoms with E-state index in [-0.39, 0.29) is 11.8 Å². The first-order valence-corrected chi connectivity index (χ1v) is 7.24. The minimum Gasteiger partial charge on any atom is -0.393 e. The number of aromatic nitrogens is 4. The topological polar surface area (TPSA) is 86.7 Å². The van der Waals surface area contributed by atoms with Gasteiger partial charge in [0.15, 0.2) is 0 Å². The van der Waals surface area contributed by atoms with E-state index in [1.165, 1.54) is 12.4 Å². The van der Waals surface area contributed by atoms with Gasteiger partial charge in [0.25, 0.3) is 0 Å². The number of anilines is 1. The molecule has 0 amide bonds. The van der Waals surface area contributed by atoms with Crippen molar-refractivity contribution in [1.82, 2.24) is 20.2 Å². The number of hydrogen-bond acceptors (Lipinski definition) is 5. The molecule has 0 radical (unpaired) electrons. The number of aliphatic hydroxyl groups excluding tert-OH is 1. The number of nitrogens with zero attached hydrogens (tertiary/aromatic N) is 3. The van der Waals surface area contributed by atoms with Gasteiger partial charge in [0.1, 0.15) is 18.0 Å². The number of alkyl halides is 3. The largest absolute Gasteiger partial charge is 0.417 e. The van der Waals surface area contributed by atoms with Crippen molar-refractivity contribution < 1.29 is 18.3 Å². The molecule has 2 heterocycles. The molecule has 3 atom stereocenters. The third-order valence-electron chi connectivity index (χ3n) is 4.11. The Morgan fingerprint density at radius 3 is 2.70 bits per heavy atom. The quantitative estimate of drug-likeness (QED) is 0.801. The van der Waals surface area contributed by atoms with Crippen LogP contribution in [-0.4, -0.2) is 37.9 Å². The number of hydrogen-bond donors (Lipinski definition) is 3. The minimum atomic E-state index is -4.39. The van der Waals surface area contributed by atoms with Crippen LogP contribution in [0.5, 0.6) is 0 Å². The summed E-state index contributed by atoms with van der Waals surface area (Å²) in [6, 6.07) is 2.27. The van der Waals surface area contributed by atoms with Crippen LogP contribution in [0.3, 0.4) is 0 Å². The van der Waals surface area contributed by atoms with Crippen LogP contribution in [0.2, 0.25) is 0 Å². The van der Waals surface area contributed by atoms with Crippen LogP contribution in [0.25, 0.3) is 0 Å². The SMILES string of the molecule is O[C@H]1C[C@H](c2ncn[nH]2)C[C@H]1CNc1ccc(C(F)(F)F)cn1. The van der Waals surface area contributed by atoms with Crippen LogP contribution in [0, 0.1) is 5.92 Å². The number of nitrogens with one attached hydrogen (secondary N) is 2. The summed E-state index contributed by atoms with van der Waals surface area (Å²) in [5, 5.41) is 19.7. The summed E-state index contributed by atoms with van der Waals surface area (Å²) >= 11 is 0. The summed E-state index contributed by atoms with van der Waals surface area (Å²) < 4.78 is 37.4. The summed E-state index contributed by atoms with van der Waals surface area (Å²) in [6.07, 6.45) is -1.35. The molecule has 2 aromatic rings. The second-order valence-corrected chi connectivity index (χ2v) is 5.68. The summed E-state index contributed by atoms with van der Waals surface area (Å²) in [6.45, 7) is 0.435. The van der Waals surface area contributed by atoms with E-state index in [4.69, 9.17) is 0 Å². The lowest BCUT2D eigenvalue weighted by atomic mass is 10.0. The molecule has 0 bridgehead atoms. The minimum absolute atomic E-state index is 0.0193. The monoisotopic (exact) mass is 327 g/mol. The van der Waals surface area contributed by atoms with Crippen LogP contribution >= 0.6 is 0 Å². The van der Waals surface area contributed by atoms with E-state index in [2.05, 4.69) is 25.5 Å². The van der Waals surface area contributed by atoms with Crippen LogP contribution in [0.15, 0.2) is 24.7 Å². The number of aromatic amines is 1. The van der Waals surface area contributed by atoms with Gasteiger partial charge in [-0.3, -0.25) is 5.10 Å². The first kappa shape index (κ1) is 15.7. The van der Waals surface area contributed by atoms with Gasteiger partial charge in [-0.25, -0.2) is 9.97 Å². The van der Waals surface area contributed by atoms with Crippen molar-refractivity contribution in [1.29, 1.82) is 0 Å².